The summed E-state index contributed by atoms with van der Waals surface area (Å²) in [6.07, 6.45) is 13.1. The molecule has 2 aromatic heterocycles. The van der Waals surface area contributed by atoms with Crippen molar-refractivity contribution in [1.82, 2.24) is 19.4 Å². The van der Waals surface area contributed by atoms with Crippen molar-refractivity contribution in [3.8, 4) is 50.7 Å². The van der Waals surface area contributed by atoms with Crippen molar-refractivity contribution >= 4 is 27.5 Å². The van der Waals surface area contributed by atoms with Crippen LogP contribution in [0.5, 0.6) is 11.5 Å². The highest BCUT2D eigenvalue weighted by molar-refractivity contribution is 6.09. The third-order valence-corrected chi connectivity index (χ3v) is 11.8. The van der Waals surface area contributed by atoms with Crippen molar-refractivity contribution in [2.45, 2.75) is 52.2 Å². The van der Waals surface area contributed by atoms with Crippen LogP contribution in [0.4, 0.5) is 0 Å². The fourth-order valence-corrected chi connectivity index (χ4v) is 8.85. The van der Waals surface area contributed by atoms with Crippen LogP contribution >= 0.6 is 0 Å². The Kier molecular flexibility index (Phi) is 9.25. The van der Waals surface area contributed by atoms with Crippen molar-refractivity contribution in [2.24, 2.45) is 0 Å². The van der Waals surface area contributed by atoms with Gasteiger partial charge in [0.15, 0.2) is 0 Å². The number of para-hydroxylation sites is 1. The normalized spacial score (nSPS) is 15.0. The SMILES string of the molecule is CC(C)N1C=C(c2cc(Oc3ccc4c5ccccc5n(-c5cc(C(C)(C)C)ccn5)c4c3)cc(-c3c(-c4ccccc4)cccc3-c3ccccc3)c2)N2C=CC=CC21. The summed E-state index contributed by atoms with van der Waals surface area (Å²) in [5, 5.41) is 2.33. The van der Waals surface area contributed by atoms with Crippen molar-refractivity contribution in [3.63, 3.8) is 0 Å². The number of hydrogen-bond acceptors (Lipinski definition) is 4. The monoisotopic (exact) mass is 780 g/mol. The van der Waals surface area contributed by atoms with Gasteiger partial charge in [-0.2, -0.15) is 0 Å². The standard InChI is InChI=1S/C55H48N4O/c1-37(2)58-36-51(57-30-15-14-25-53(57)58)40-31-41(54-45(38-17-8-6-9-18-38)22-16-23-46(54)39-19-10-7-11-20-39)33-44(32-40)60-43-26-27-48-47-21-12-13-24-49(47)59(50(48)35-43)52-34-42(28-29-56-52)55(3,4)5/h6-37,53H,1-5H3. The summed E-state index contributed by atoms with van der Waals surface area (Å²) in [4.78, 5) is 9.72. The zero-order valence-corrected chi connectivity index (χ0v) is 34.7. The number of hydrogen-bond donors (Lipinski definition) is 0. The predicted molar refractivity (Wildman–Crippen MR) is 249 cm³/mol. The van der Waals surface area contributed by atoms with Gasteiger partial charge in [0, 0.05) is 47.0 Å². The second-order valence-electron chi connectivity index (χ2n) is 17.1. The van der Waals surface area contributed by atoms with E-state index in [9.17, 15) is 0 Å². The van der Waals surface area contributed by atoms with E-state index in [0.29, 0.717) is 6.04 Å². The minimum absolute atomic E-state index is 0.0196. The molecule has 0 radical (unpaired) electrons. The Morgan fingerprint density at radius 1 is 0.600 bits per heavy atom. The molecule has 5 nitrogen and oxygen atoms in total. The zero-order valence-electron chi connectivity index (χ0n) is 34.7. The number of allylic oxidation sites excluding steroid dienone is 2. The molecule has 8 aromatic rings. The summed E-state index contributed by atoms with van der Waals surface area (Å²) < 4.78 is 9.36. The van der Waals surface area contributed by atoms with E-state index in [-0.39, 0.29) is 11.6 Å². The highest BCUT2D eigenvalue weighted by Crippen LogP contribution is 2.45. The lowest BCUT2D eigenvalue weighted by Gasteiger charge is -2.33. The first kappa shape index (κ1) is 37.2. The van der Waals surface area contributed by atoms with Gasteiger partial charge in [-0.15, -0.1) is 0 Å². The maximum absolute atomic E-state index is 7.09. The van der Waals surface area contributed by atoms with Crippen LogP contribution in [0, 0.1) is 0 Å². The molecule has 294 valence electrons. The molecule has 4 heterocycles. The molecule has 1 atom stereocenters. The highest BCUT2D eigenvalue weighted by Gasteiger charge is 2.33. The van der Waals surface area contributed by atoms with Crippen LogP contribution in [-0.2, 0) is 5.41 Å². The first-order valence-corrected chi connectivity index (χ1v) is 20.9. The van der Waals surface area contributed by atoms with Crippen LogP contribution in [0.1, 0.15) is 45.7 Å². The summed E-state index contributed by atoms with van der Waals surface area (Å²) in [5.41, 5.74) is 12.5. The molecule has 0 saturated carbocycles. The van der Waals surface area contributed by atoms with E-state index in [2.05, 4.69) is 231 Å². The molecule has 0 fully saturated rings. The molecule has 2 aliphatic heterocycles. The smallest absolute Gasteiger partial charge is 0.137 e. The molecule has 5 heteroatoms. The third-order valence-electron chi connectivity index (χ3n) is 11.8. The summed E-state index contributed by atoms with van der Waals surface area (Å²) >= 11 is 0. The van der Waals surface area contributed by atoms with Crippen LogP contribution in [0.15, 0.2) is 188 Å². The average molecular weight is 781 g/mol. The Hall–Kier alpha value is -7.11. The molecule has 2 aliphatic rings. The van der Waals surface area contributed by atoms with Gasteiger partial charge in [0.1, 0.15) is 23.5 Å². The van der Waals surface area contributed by atoms with E-state index in [1.54, 1.807) is 0 Å². The van der Waals surface area contributed by atoms with Gasteiger partial charge in [-0.3, -0.25) is 4.57 Å². The molecule has 0 bridgehead atoms. The van der Waals surface area contributed by atoms with Gasteiger partial charge < -0.3 is 14.5 Å². The third kappa shape index (κ3) is 6.66. The first-order chi connectivity index (χ1) is 29.2. The van der Waals surface area contributed by atoms with Gasteiger partial charge in [-0.25, -0.2) is 4.98 Å². The van der Waals surface area contributed by atoms with Crippen LogP contribution in [0.2, 0.25) is 0 Å². The molecule has 0 spiro atoms. The van der Waals surface area contributed by atoms with E-state index >= 15 is 0 Å². The fraction of sp³-hybridized carbons (Fsp3) is 0.145. The molecular weight excluding hydrogens is 733 g/mol. The molecule has 1 unspecified atom stereocenters. The van der Waals surface area contributed by atoms with Gasteiger partial charge >= 0.3 is 0 Å². The number of pyridine rings is 1. The Morgan fingerprint density at radius 2 is 1.28 bits per heavy atom. The molecular formula is C55H48N4O. The van der Waals surface area contributed by atoms with Gasteiger partial charge in [0.05, 0.1) is 16.7 Å². The molecule has 60 heavy (non-hydrogen) atoms. The Balaban J connectivity index is 1.18. The quantitative estimate of drug-likeness (QED) is 0.154. The molecule has 0 N–H and O–H groups in total. The summed E-state index contributed by atoms with van der Waals surface area (Å²) in [7, 11) is 0. The second-order valence-corrected chi connectivity index (χ2v) is 17.1. The highest BCUT2D eigenvalue weighted by atomic mass is 16.5. The van der Waals surface area contributed by atoms with Crippen molar-refractivity contribution in [1.29, 1.82) is 0 Å². The number of ether oxygens (including phenoxy) is 1. The number of aromatic nitrogens is 2. The molecule has 0 amide bonds. The fourth-order valence-electron chi connectivity index (χ4n) is 8.85. The summed E-state index contributed by atoms with van der Waals surface area (Å²) in [5.74, 6) is 2.41. The maximum Gasteiger partial charge on any atom is 0.137 e. The Bertz CT molecular complexity index is 2930. The van der Waals surface area contributed by atoms with Gasteiger partial charge in [-0.05, 0) is 119 Å². The molecule has 0 aliphatic carbocycles. The lowest BCUT2D eigenvalue weighted by molar-refractivity contribution is 0.203. The average Bonchev–Trinajstić information content (AvgIpc) is 3.83. The number of benzene rings is 6. The van der Waals surface area contributed by atoms with Crippen LogP contribution in [0.3, 0.4) is 0 Å². The van der Waals surface area contributed by atoms with Crippen molar-refractivity contribution < 1.29 is 4.74 Å². The minimum Gasteiger partial charge on any atom is -0.457 e. The Morgan fingerprint density at radius 3 is 2.00 bits per heavy atom. The maximum atomic E-state index is 7.09. The zero-order chi connectivity index (χ0) is 41.0. The van der Waals surface area contributed by atoms with E-state index in [1.165, 1.54) is 22.1 Å². The minimum atomic E-state index is -0.0196. The predicted octanol–water partition coefficient (Wildman–Crippen LogP) is 14.0. The van der Waals surface area contributed by atoms with Crippen LogP contribution in [0.25, 0.3) is 66.7 Å². The summed E-state index contributed by atoms with van der Waals surface area (Å²) in [6.45, 7) is 11.2. The molecule has 6 aromatic carbocycles. The van der Waals surface area contributed by atoms with Crippen LogP contribution in [-0.4, -0.2) is 31.6 Å². The number of nitrogens with zero attached hydrogens (tertiary/aromatic N) is 4. The van der Waals surface area contributed by atoms with E-state index in [0.717, 1.165) is 67.3 Å². The molecule has 10 rings (SSSR count). The summed E-state index contributed by atoms with van der Waals surface area (Å²) in [6, 6.07) is 54.5. The lowest BCUT2D eigenvalue weighted by Crippen LogP contribution is -2.39. The van der Waals surface area contributed by atoms with E-state index in [1.807, 2.05) is 6.20 Å². The van der Waals surface area contributed by atoms with Crippen molar-refractivity contribution in [3.05, 3.63) is 200 Å². The first-order valence-electron chi connectivity index (χ1n) is 20.9. The van der Waals surface area contributed by atoms with Gasteiger partial charge in [0.2, 0.25) is 0 Å². The second kappa shape index (κ2) is 14.9. The van der Waals surface area contributed by atoms with Gasteiger partial charge in [0.25, 0.3) is 0 Å². The van der Waals surface area contributed by atoms with Gasteiger partial charge in [-0.1, -0.05) is 124 Å². The van der Waals surface area contributed by atoms with Crippen molar-refractivity contribution in [2.75, 3.05) is 0 Å². The van der Waals surface area contributed by atoms with E-state index in [4.69, 9.17) is 9.72 Å². The Labute approximate surface area is 352 Å². The number of rotatable bonds is 8. The lowest BCUT2D eigenvalue weighted by atomic mass is 9.87. The molecule has 0 saturated heterocycles. The number of fused-ring (bicyclic) bond motifs is 4. The largest absolute Gasteiger partial charge is 0.457 e. The topological polar surface area (TPSA) is 33.5 Å². The van der Waals surface area contributed by atoms with E-state index < -0.39 is 0 Å². The van der Waals surface area contributed by atoms with Crippen LogP contribution < -0.4 is 4.74 Å².